The van der Waals surface area contributed by atoms with Crippen molar-refractivity contribution < 1.29 is 74.0 Å². The Kier molecular flexibility index (Phi) is 14.3. The zero-order chi connectivity index (χ0) is 31.5. The van der Waals surface area contributed by atoms with Crippen LogP contribution in [0, 0.1) is 0 Å². The highest BCUT2D eigenvalue weighted by Crippen LogP contribution is 2.25. The number of carboxylic acid groups (broad SMARTS) is 3. The molecule has 2 fully saturated rings. The number of carbonyl (C=O) groups is 3. The fraction of sp³-hybridized carbons (Fsp3) is 0.619. The molecule has 3 rings (SSSR count). The number of ether oxygens (including phenoxy) is 1. The van der Waals surface area contributed by atoms with Crippen LogP contribution in [0.1, 0.15) is 19.4 Å². The minimum absolute atomic E-state index is 0.387. The first-order valence-electron chi connectivity index (χ1n) is 11.0. The number of morpholine rings is 1. The fourth-order valence-corrected chi connectivity index (χ4v) is 3.31. The summed E-state index contributed by atoms with van der Waals surface area (Å²) in [5, 5.41) is 21.4. The number of nitrogens with zero attached hydrogens (tertiary/aromatic N) is 3. The third-order valence-electron chi connectivity index (χ3n) is 4.97. The van der Waals surface area contributed by atoms with Gasteiger partial charge in [0.1, 0.15) is 0 Å². The van der Waals surface area contributed by atoms with Crippen LogP contribution in [0.4, 0.5) is 39.5 Å². The van der Waals surface area contributed by atoms with E-state index in [2.05, 4.69) is 40.8 Å². The lowest BCUT2D eigenvalue weighted by Crippen LogP contribution is -2.53. The second kappa shape index (κ2) is 15.6. The first kappa shape index (κ1) is 36.8. The van der Waals surface area contributed by atoms with Crippen LogP contribution in [0.3, 0.4) is 0 Å². The minimum atomic E-state index is -5.08. The van der Waals surface area contributed by atoms with E-state index in [1.807, 2.05) is 12.4 Å². The molecular weight excluding hydrogens is 577 g/mol. The number of alkyl halides is 9. The summed E-state index contributed by atoms with van der Waals surface area (Å²) >= 11 is 0. The van der Waals surface area contributed by atoms with Crippen molar-refractivity contribution in [1.82, 2.24) is 14.8 Å². The summed E-state index contributed by atoms with van der Waals surface area (Å²) in [4.78, 5) is 35.9. The van der Waals surface area contributed by atoms with E-state index in [4.69, 9.17) is 34.4 Å². The van der Waals surface area contributed by atoms with Crippen LogP contribution in [0.5, 0.6) is 0 Å². The van der Waals surface area contributed by atoms with Gasteiger partial charge >= 0.3 is 36.4 Å². The number of pyridine rings is 1. The van der Waals surface area contributed by atoms with E-state index in [0.717, 1.165) is 32.8 Å². The fourth-order valence-electron chi connectivity index (χ4n) is 3.31. The minimum Gasteiger partial charge on any atom is -0.475 e. The average molecular weight is 603 g/mol. The Morgan fingerprint density at radius 2 is 1.27 bits per heavy atom. The molecule has 19 heteroatoms. The second-order valence-corrected chi connectivity index (χ2v) is 8.27. The van der Waals surface area contributed by atoms with Gasteiger partial charge in [-0.25, -0.2) is 14.4 Å². The summed E-state index contributed by atoms with van der Waals surface area (Å²) in [6, 6.07) is 5.37. The van der Waals surface area contributed by atoms with E-state index in [9.17, 15) is 39.5 Å². The highest BCUT2D eigenvalue weighted by atomic mass is 19.4. The molecule has 10 nitrogen and oxygen atoms in total. The summed E-state index contributed by atoms with van der Waals surface area (Å²) in [6.07, 6.45) is -11.1. The molecule has 3 N–H and O–H groups in total. The summed E-state index contributed by atoms with van der Waals surface area (Å²) in [6.45, 7) is 9.69. The number of aromatic nitrogens is 1. The molecular formula is C21H26F9N3O7. The number of carboxylic acids is 3. The van der Waals surface area contributed by atoms with E-state index >= 15 is 0 Å². The first-order valence-corrected chi connectivity index (χ1v) is 11.0. The maximum atomic E-state index is 10.6. The lowest BCUT2D eigenvalue weighted by Gasteiger charge is -2.39. The molecule has 2 atom stereocenters. The van der Waals surface area contributed by atoms with Gasteiger partial charge in [-0.2, -0.15) is 39.5 Å². The highest BCUT2D eigenvalue weighted by molar-refractivity contribution is 5.73. The number of halogens is 9. The molecule has 1 aromatic heterocycles. The predicted octanol–water partition coefficient (Wildman–Crippen LogP) is 3.27. The molecule has 0 amide bonds. The lowest BCUT2D eigenvalue weighted by atomic mass is 10.1. The Balaban J connectivity index is 0.000000603. The zero-order valence-electron chi connectivity index (χ0n) is 20.8. The Labute approximate surface area is 220 Å². The summed E-state index contributed by atoms with van der Waals surface area (Å²) < 4.78 is 101. The van der Waals surface area contributed by atoms with Crippen LogP contribution in [-0.4, -0.2) is 111 Å². The van der Waals surface area contributed by atoms with Gasteiger partial charge < -0.3 is 20.1 Å². The number of likely N-dealkylation sites (tertiary alicyclic amines) is 1. The summed E-state index contributed by atoms with van der Waals surface area (Å²) in [5.41, 5.74) is 1.34. The molecule has 2 aliphatic rings. The van der Waals surface area contributed by atoms with Gasteiger partial charge in [0.25, 0.3) is 0 Å². The quantitative estimate of drug-likeness (QED) is 0.441. The van der Waals surface area contributed by atoms with Crippen molar-refractivity contribution in [2.75, 3.05) is 26.2 Å². The summed E-state index contributed by atoms with van der Waals surface area (Å²) in [7, 11) is 0. The molecule has 0 bridgehead atoms. The van der Waals surface area contributed by atoms with Gasteiger partial charge in [0.15, 0.2) is 0 Å². The molecule has 40 heavy (non-hydrogen) atoms. The summed E-state index contributed by atoms with van der Waals surface area (Å²) in [5.74, 6) is -8.27. The van der Waals surface area contributed by atoms with Crippen molar-refractivity contribution in [3.8, 4) is 0 Å². The van der Waals surface area contributed by atoms with E-state index in [0.29, 0.717) is 18.2 Å². The molecule has 3 heterocycles. The standard InChI is InChI=1S/C15H23N3O.3C2HF3O2/c1-12(2)18-7-8-19-15-11-17(10-14(15)18)9-13-3-5-16-6-4-13;3*3-2(4,5)1(6)7/h3-6,12,14-15H,7-11H2,1-2H3;3*(H,6,7)/t14-,15+;;;/m1.../s1. The largest absolute Gasteiger partial charge is 0.490 e. The van der Waals surface area contributed by atoms with Crippen LogP contribution in [0.2, 0.25) is 0 Å². The normalized spacial score (nSPS) is 19.6. The molecule has 0 unspecified atom stereocenters. The molecule has 0 aliphatic carbocycles. The van der Waals surface area contributed by atoms with E-state index < -0.39 is 36.4 Å². The molecule has 0 aromatic carbocycles. The highest BCUT2D eigenvalue weighted by Gasteiger charge is 2.41. The van der Waals surface area contributed by atoms with Gasteiger partial charge in [-0.1, -0.05) is 0 Å². The van der Waals surface area contributed by atoms with Crippen LogP contribution in [0.25, 0.3) is 0 Å². The lowest BCUT2D eigenvalue weighted by molar-refractivity contribution is -0.193. The number of hydrogen-bond donors (Lipinski definition) is 3. The third-order valence-corrected chi connectivity index (χ3v) is 4.97. The topological polar surface area (TPSA) is 140 Å². The van der Waals surface area contributed by atoms with Gasteiger partial charge in [0.05, 0.1) is 18.8 Å². The molecule has 0 spiro atoms. The predicted molar refractivity (Wildman–Crippen MR) is 116 cm³/mol. The van der Waals surface area contributed by atoms with Crippen LogP contribution in [-0.2, 0) is 25.7 Å². The van der Waals surface area contributed by atoms with Crippen molar-refractivity contribution in [3.05, 3.63) is 30.1 Å². The second-order valence-electron chi connectivity index (χ2n) is 8.27. The molecule has 230 valence electrons. The Bertz CT molecular complexity index is 885. The van der Waals surface area contributed by atoms with Gasteiger partial charge in [-0.3, -0.25) is 14.8 Å². The third kappa shape index (κ3) is 14.3. The molecule has 2 saturated heterocycles. The van der Waals surface area contributed by atoms with Gasteiger partial charge in [0.2, 0.25) is 0 Å². The molecule has 1 aromatic rings. The monoisotopic (exact) mass is 603 g/mol. The maximum absolute atomic E-state index is 10.6. The molecule has 2 aliphatic heterocycles. The molecule has 0 radical (unpaired) electrons. The molecule has 0 saturated carbocycles. The van der Waals surface area contributed by atoms with Crippen molar-refractivity contribution in [2.24, 2.45) is 0 Å². The average Bonchev–Trinajstić information content (AvgIpc) is 3.21. The van der Waals surface area contributed by atoms with Crippen molar-refractivity contribution in [3.63, 3.8) is 0 Å². The zero-order valence-corrected chi connectivity index (χ0v) is 20.8. The van der Waals surface area contributed by atoms with Crippen LogP contribution < -0.4 is 0 Å². The van der Waals surface area contributed by atoms with Crippen LogP contribution in [0.15, 0.2) is 24.5 Å². The Hall–Kier alpha value is -3.19. The smallest absolute Gasteiger partial charge is 0.475 e. The van der Waals surface area contributed by atoms with E-state index in [1.165, 1.54) is 5.56 Å². The van der Waals surface area contributed by atoms with Gasteiger partial charge in [0, 0.05) is 44.6 Å². The Morgan fingerprint density at radius 1 is 0.875 bits per heavy atom. The number of rotatable bonds is 3. The number of hydrogen-bond acceptors (Lipinski definition) is 7. The van der Waals surface area contributed by atoms with Crippen molar-refractivity contribution in [1.29, 1.82) is 0 Å². The first-order chi connectivity index (χ1) is 18.1. The number of aliphatic carboxylic acids is 3. The number of fused-ring (bicyclic) bond motifs is 1. The Morgan fingerprint density at radius 3 is 1.62 bits per heavy atom. The maximum Gasteiger partial charge on any atom is 0.490 e. The SMILES string of the molecule is CC(C)N1CCO[C@H]2CN(Cc3ccncc3)C[C@H]21.O=C(O)C(F)(F)F.O=C(O)C(F)(F)F.O=C(O)C(F)(F)F. The van der Waals surface area contributed by atoms with Gasteiger partial charge in [-0.05, 0) is 31.5 Å². The van der Waals surface area contributed by atoms with E-state index in [1.54, 1.807) is 0 Å². The van der Waals surface area contributed by atoms with Crippen molar-refractivity contribution in [2.45, 2.75) is 57.1 Å². The van der Waals surface area contributed by atoms with Crippen molar-refractivity contribution >= 4 is 17.9 Å². The van der Waals surface area contributed by atoms with Gasteiger partial charge in [-0.15, -0.1) is 0 Å². The van der Waals surface area contributed by atoms with Crippen LogP contribution >= 0.6 is 0 Å². The van der Waals surface area contributed by atoms with E-state index in [-0.39, 0.29) is 0 Å².